The van der Waals surface area contributed by atoms with Crippen LogP contribution in [-0.2, 0) is 0 Å². The fraction of sp³-hybridized carbons (Fsp3) is 0.963. The molecule has 0 bridgehead atoms. The van der Waals surface area contributed by atoms with Crippen molar-refractivity contribution in [3.8, 4) is 0 Å². The molecule has 116 heavy (non-hydrogen) atoms. The van der Waals surface area contributed by atoms with Crippen molar-refractivity contribution in [2.45, 2.75) is 265 Å². The first-order valence-corrected chi connectivity index (χ1v) is 54.3. The maximum atomic E-state index is 8.17. The van der Waals surface area contributed by atoms with E-state index >= 15 is 0 Å². The van der Waals surface area contributed by atoms with E-state index in [1.54, 1.807) is 9.80 Å². The average Bonchev–Trinajstić information content (AvgIpc) is 1.17. The van der Waals surface area contributed by atoms with Gasteiger partial charge in [0, 0.05) is 141 Å². The predicted molar refractivity (Wildman–Crippen MR) is 530 cm³/mol. The summed E-state index contributed by atoms with van der Waals surface area (Å²) in [5, 5.41) is 18.7. The van der Waals surface area contributed by atoms with Crippen molar-refractivity contribution in [1.29, 1.82) is 11.9 Å². The molecule has 0 atom stereocenters. The van der Waals surface area contributed by atoms with Crippen LogP contribution in [0, 0.1) is 10.6 Å². The third kappa shape index (κ3) is 33.0. The van der Waals surface area contributed by atoms with E-state index in [1.807, 2.05) is 84.5 Å². The Morgan fingerprint density at radius 2 is 0.845 bits per heavy atom. The second kappa shape index (κ2) is 52.7. The van der Waals surface area contributed by atoms with Crippen LogP contribution in [0.2, 0.25) is 0 Å². The van der Waals surface area contributed by atoms with E-state index in [9.17, 15) is 0 Å². The Morgan fingerprint density at radius 1 is 0.491 bits per heavy atom. The van der Waals surface area contributed by atoms with Gasteiger partial charge in [0.1, 0.15) is 0 Å². The van der Waals surface area contributed by atoms with Gasteiger partial charge in [-0.15, -0.1) is 0 Å². The van der Waals surface area contributed by atoms with Gasteiger partial charge in [-0.05, 0) is 306 Å². The Hall–Kier alpha value is -1.23. The molecule has 8 rings (SSSR count). The van der Waals surface area contributed by atoms with E-state index in [0.29, 0.717) is 17.3 Å². The minimum atomic E-state index is -1.94. The van der Waals surface area contributed by atoms with Crippen LogP contribution >= 0.6 is 44.3 Å². The molecule has 690 valence electrons. The van der Waals surface area contributed by atoms with Crippen molar-refractivity contribution in [1.82, 2.24) is 85.9 Å². The molecule has 2 radical (unpaired) electrons. The Kier molecular flexibility index (Phi) is 51.2. The second-order valence-electron chi connectivity index (χ2n) is 38.2. The smallest absolute Gasteiger partial charge is 0.196 e. The molecule has 0 spiro atoms. The van der Waals surface area contributed by atoms with Gasteiger partial charge < -0.3 is 29.8 Å². The molecular formula is C82H194BN27P6. The molecule has 0 aromatic rings. The highest BCUT2D eigenvalue weighted by Gasteiger charge is 2.47. The average molecular weight is 1760 g/mol. The maximum absolute atomic E-state index is 8.17. The normalized spacial score (nSPS) is 19.1. The van der Waals surface area contributed by atoms with E-state index < -0.39 is 44.3 Å². The van der Waals surface area contributed by atoms with Crippen molar-refractivity contribution in [3.63, 3.8) is 0 Å². The fourth-order valence-corrected chi connectivity index (χ4v) is 44.3. The molecule has 3 saturated heterocycles. The van der Waals surface area contributed by atoms with Gasteiger partial charge in [-0.3, -0.25) is 81.6 Å². The van der Waals surface area contributed by atoms with E-state index in [0.717, 1.165) is 75.3 Å². The van der Waals surface area contributed by atoms with Crippen molar-refractivity contribution in [2.75, 3.05) is 261 Å². The van der Waals surface area contributed by atoms with Crippen LogP contribution in [0.15, 0.2) is 33.5 Å². The SMILES string of the molecule is C1CN=C2NCCCN2C1.CC(C)(C)N=P(C1CCCC1)(C1CCCC1)C1CCCC1.CCN(CC)P1(=NC(C)(C)C)N(C)CCCN1C.CCN=P(N=P(N(C)C)(N(C)C)N(C)C)(C(C)C)C(C)C.CN(C)C(=N)N(C)C.CN(C)P(=N)(N(C)C)N(C)C.CN(C)P(=NC(C)(C)C)(N(C)C)N(C)C.CN1CCCN2CCCN=C12.[2H][B].[HH]. The molecule has 5 aliphatic heterocycles. The summed E-state index contributed by atoms with van der Waals surface area (Å²) in [7, 11) is 44.8. The van der Waals surface area contributed by atoms with Gasteiger partial charge in [0.15, 0.2) is 47.9 Å². The van der Waals surface area contributed by atoms with E-state index in [2.05, 4.69) is 297 Å². The lowest BCUT2D eigenvalue weighted by molar-refractivity contribution is 0.269. The van der Waals surface area contributed by atoms with Gasteiger partial charge in [-0.25, -0.2) is 18.5 Å². The first-order chi connectivity index (χ1) is 54.0. The molecule has 34 heteroatoms. The summed E-state index contributed by atoms with van der Waals surface area (Å²) in [6.07, 6.45) is 24.3. The van der Waals surface area contributed by atoms with Crippen molar-refractivity contribution in [3.05, 3.63) is 0 Å². The Bertz CT molecular complexity index is 3020. The van der Waals surface area contributed by atoms with Gasteiger partial charge in [0.25, 0.3) is 0 Å². The monoisotopic (exact) mass is 1760 g/mol. The Morgan fingerprint density at radius 3 is 1.13 bits per heavy atom. The molecule has 6 fully saturated rings. The minimum Gasteiger partial charge on any atom is -0.356 e. The van der Waals surface area contributed by atoms with Crippen LogP contribution in [0.4, 0.5) is 0 Å². The summed E-state index contributed by atoms with van der Waals surface area (Å²) in [5.74, 6) is 2.88. The van der Waals surface area contributed by atoms with Crippen LogP contribution in [0.3, 0.4) is 0 Å². The van der Waals surface area contributed by atoms with Gasteiger partial charge in [-0.1, -0.05) is 80.1 Å². The summed E-state index contributed by atoms with van der Waals surface area (Å²) in [6, 6.07) is 0. The predicted octanol–water partition coefficient (Wildman–Crippen LogP) is 18.4. The number of hydrogen-bond acceptors (Lipinski definition) is 12. The molecule has 3 aliphatic carbocycles. The highest BCUT2D eigenvalue weighted by molar-refractivity contribution is 7.74. The molecule has 0 amide bonds. The molecule has 0 unspecified atom stereocenters. The first-order valence-electron chi connectivity index (χ1n) is 44.6. The van der Waals surface area contributed by atoms with Gasteiger partial charge in [0.05, 0.1) is 23.8 Å². The number of fused-ring (bicyclic) bond motifs is 2. The molecule has 3 N–H and O–H groups in total. The molecule has 0 aromatic carbocycles. The van der Waals surface area contributed by atoms with Crippen LogP contribution in [0.1, 0.15) is 221 Å². The summed E-state index contributed by atoms with van der Waals surface area (Å²) >= 11 is 0. The Labute approximate surface area is 725 Å². The topological polar surface area (TPSA) is 201 Å². The minimum absolute atomic E-state index is 0. The number of nitrogens with zero attached hydrogens (tertiary/aromatic N) is 24. The lowest BCUT2D eigenvalue weighted by atomic mass is 10.1. The number of hydrogen-bond donors (Lipinski definition) is 3. The Balaban J connectivity index is 0. The molecule has 0 aromatic heterocycles. The third-order valence-corrected chi connectivity index (χ3v) is 49.3. The number of aliphatic imine (C=N–C) groups is 2. The lowest BCUT2D eigenvalue weighted by Crippen LogP contribution is -2.50. The van der Waals surface area contributed by atoms with Crippen LogP contribution in [0.25, 0.3) is 0 Å². The molecule has 8 aliphatic rings. The second-order valence-corrected chi connectivity index (χ2v) is 60.5. The summed E-state index contributed by atoms with van der Waals surface area (Å²) in [4.78, 5) is 19.4. The van der Waals surface area contributed by atoms with Gasteiger partial charge in [-0.2, -0.15) is 0 Å². The third-order valence-electron chi connectivity index (χ3n) is 22.4. The quantitative estimate of drug-likeness (QED) is 0.0476. The van der Waals surface area contributed by atoms with E-state index in [4.69, 9.17) is 35.4 Å². The van der Waals surface area contributed by atoms with E-state index in [1.165, 1.54) is 148 Å². The number of guanidine groups is 3. The van der Waals surface area contributed by atoms with Crippen LogP contribution in [0.5, 0.6) is 0 Å². The van der Waals surface area contributed by atoms with Crippen LogP contribution in [-0.4, -0.2) is 414 Å². The van der Waals surface area contributed by atoms with Crippen molar-refractivity contribution in [2.24, 2.45) is 33.5 Å². The first kappa shape index (κ1) is 113. The summed E-state index contributed by atoms with van der Waals surface area (Å²) in [5.41, 5.74) is 4.19. The fourth-order valence-electron chi connectivity index (χ4n) is 17.8. The van der Waals surface area contributed by atoms with Gasteiger partial charge >= 0.3 is 0 Å². The molecule has 27 nitrogen and oxygen atoms in total. The molecule has 5 heterocycles. The zero-order chi connectivity index (χ0) is 90.8. The summed E-state index contributed by atoms with van der Waals surface area (Å²) in [6.45, 7) is 50.4. The zero-order valence-electron chi connectivity index (χ0n) is 84.6. The van der Waals surface area contributed by atoms with Crippen molar-refractivity contribution < 1.29 is 1.43 Å². The highest BCUT2D eigenvalue weighted by Crippen LogP contribution is 2.73. The van der Waals surface area contributed by atoms with E-state index in [-0.39, 0.29) is 18.0 Å². The van der Waals surface area contributed by atoms with Gasteiger partial charge in [0.2, 0.25) is 0 Å². The maximum Gasteiger partial charge on any atom is 0.196 e. The molecular weight excluding hydrogens is 1560 g/mol. The zero-order valence-corrected chi connectivity index (χ0v) is 89.0. The number of nitrogens with one attached hydrogen (secondary N) is 3. The highest BCUT2D eigenvalue weighted by atomic mass is 31.2. The summed E-state index contributed by atoms with van der Waals surface area (Å²) < 4.78 is 59.1. The van der Waals surface area contributed by atoms with Crippen LogP contribution < -0.4 is 5.32 Å². The standard InChI is InChI=1S/C19H36NP.C14H37N5P2.C13H31N4P.C10H27N4P.C8H15N3.C7H13N3.C6H19N4P.C5H13N3.BH.H2/c1-19(2,3)20-21(16-10-4-5-11-16,17-12-6-7-13-17)18-14-8-9-15-18;1-12-15-20(13(2)3,14(4)5)16-21(17(6)7,18(8)9)19(10)11;1-8-17(9-2)18(14-13(3,4)5)15(6)11-10-12-16(18)7;1-10(2,3)11-15(12(4)5,13(6)7)14(8)9;1-10-5-3-7-11-6-2-4-9-8(10)11;1-3-8-7-9-4-2-6-10(7)5-1;1-8(2)11(7,9(3)4)10(5)6;1-7(2)5(6)8(3)4;;/h16-18H,4-15H2,1-3H3;13-14H,12H2,1-11H3;8-12H2,1-7H3;1-9H3;2-7H2,1H3;1-6H2,(H,8,9);7H,1-6H3;6H,1-4H3;2*1H/i;;;;;;;;1D;. The molecule has 3 saturated carbocycles. The largest absolute Gasteiger partial charge is 0.356 e. The van der Waals surface area contributed by atoms with Crippen molar-refractivity contribution >= 4 is 70.5 Å². The number of rotatable bonds is 19. The lowest BCUT2D eigenvalue weighted by Gasteiger charge is -2.50.